The zero-order valence-electron chi connectivity index (χ0n) is 9.14. The van der Waals surface area contributed by atoms with Gasteiger partial charge in [-0.3, -0.25) is 0 Å². The van der Waals surface area contributed by atoms with Gasteiger partial charge in [0.15, 0.2) is 0 Å². The Hall–Kier alpha value is -1.82. The van der Waals surface area contributed by atoms with Gasteiger partial charge < -0.3 is 5.11 Å². The van der Waals surface area contributed by atoms with Gasteiger partial charge in [-0.2, -0.15) is 0 Å². The van der Waals surface area contributed by atoms with Crippen molar-refractivity contribution in [1.82, 2.24) is 15.0 Å². The van der Waals surface area contributed by atoms with Crippen molar-refractivity contribution in [3.05, 3.63) is 41.7 Å². The van der Waals surface area contributed by atoms with Gasteiger partial charge in [-0.05, 0) is 18.6 Å². The number of aliphatic hydroxyl groups is 1. The SMILES string of the molecule is CCC(O)c1cn(-c2cc(F)cc(F)c2)nn1. The van der Waals surface area contributed by atoms with Gasteiger partial charge in [-0.25, -0.2) is 13.5 Å². The maximum atomic E-state index is 13.0. The summed E-state index contributed by atoms with van der Waals surface area (Å²) in [6.45, 7) is 1.80. The molecule has 0 radical (unpaired) electrons. The topological polar surface area (TPSA) is 50.9 Å². The van der Waals surface area contributed by atoms with Gasteiger partial charge >= 0.3 is 0 Å². The van der Waals surface area contributed by atoms with Gasteiger partial charge in [0.2, 0.25) is 0 Å². The minimum atomic E-state index is -0.720. The van der Waals surface area contributed by atoms with Crippen LogP contribution in [0.2, 0.25) is 0 Å². The number of nitrogens with zero attached hydrogens (tertiary/aromatic N) is 3. The second-order valence-corrected chi connectivity index (χ2v) is 3.64. The minimum absolute atomic E-state index is 0.226. The number of rotatable bonds is 3. The first-order valence-electron chi connectivity index (χ1n) is 5.17. The summed E-state index contributed by atoms with van der Waals surface area (Å²) in [6.07, 6.45) is 1.22. The molecule has 1 heterocycles. The molecule has 0 fully saturated rings. The number of benzene rings is 1. The highest BCUT2D eigenvalue weighted by Gasteiger charge is 2.11. The molecular formula is C11H11F2N3O. The van der Waals surface area contributed by atoms with Crippen LogP contribution in [0.3, 0.4) is 0 Å². The molecule has 0 aliphatic carbocycles. The third-order valence-corrected chi connectivity index (χ3v) is 2.35. The second-order valence-electron chi connectivity index (χ2n) is 3.64. The molecule has 1 N–H and O–H groups in total. The lowest BCUT2D eigenvalue weighted by Crippen LogP contribution is -1.97. The van der Waals surface area contributed by atoms with E-state index in [0.29, 0.717) is 12.1 Å². The molecule has 0 spiro atoms. The smallest absolute Gasteiger partial charge is 0.128 e. The first kappa shape index (κ1) is 11.7. The Balaban J connectivity index is 2.36. The molecule has 1 atom stereocenters. The largest absolute Gasteiger partial charge is 0.387 e. The van der Waals surface area contributed by atoms with Crippen LogP contribution >= 0.6 is 0 Å². The lowest BCUT2D eigenvalue weighted by molar-refractivity contribution is 0.169. The Morgan fingerprint density at radius 2 is 1.94 bits per heavy atom. The highest BCUT2D eigenvalue weighted by molar-refractivity contribution is 5.31. The van der Waals surface area contributed by atoms with E-state index in [1.54, 1.807) is 6.92 Å². The maximum Gasteiger partial charge on any atom is 0.128 e. The summed E-state index contributed by atoms with van der Waals surface area (Å²) in [7, 11) is 0. The third kappa shape index (κ3) is 2.47. The highest BCUT2D eigenvalue weighted by Crippen LogP contribution is 2.16. The lowest BCUT2D eigenvalue weighted by Gasteiger charge is -2.02. The molecule has 4 nitrogen and oxygen atoms in total. The molecule has 0 aliphatic rings. The summed E-state index contributed by atoms with van der Waals surface area (Å²) in [6, 6.07) is 3.06. The lowest BCUT2D eigenvalue weighted by atomic mass is 10.2. The molecule has 17 heavy (non-hydrogen) atoms. The molecule has 90 valence electrons. The van der Waals surface area contributed by atoms with E-state index in [-0.39, 0.29) is 5.69 Å². The molecule has 0 aliphatic heterocycles. The predicted octanol–water partition coefficient (Wildman–Crippen LogP) is 1.99. The van der Waals surface area contributed by atoms with Crippen LogP contribution in [0.25, 0.3) is 5.69 Å². The molecule has 1 aromatic carbocycles. The molecule has 1 aromatic heterocycles. The highest BCUT2D eigenvalue weighted by atomic mass is 19.1. The summed E-state index contributed by atoms with van der Waals surface area (Å²) >= 11 is 0. The zero-order chi connectivity index (χ0) is 12.4. The van der Waals surface area contributed by atoms with Gasteiger partial charge in [0.05, 0.1) is 18.0 Å². The fraction of sp³-hybridized carbons (Fsp3) is 0.273. The van der Waals surface area contributed by atoms with E-state index < -0.39 is 17.7 Å². The molecule has 0 saturated carbocycles. The summed E-state index contributed by atoms with van der Waals surface area (Å²) in [5.41, 5.74) is 0.599. The molecule has 0 amide bonds. The van der Waals surface area contributed by atoms with Crippen molar-refractivity contribution in [1.29, 1.82) is 0 Å². The van der Waals surface area contributed by atoms with Crippen LogP contribution in [-0.2, 0) is 0 Å². The summed E-state index contributed by atoms with van der Waals surface area (Å²) < 4.78 is 27.2. The van der Waals surface area contributed by atoms with E-state index in [9.17, 15) is 13.9 Å². The first-order chi connectivity index (χ1) is 8.10. The van der Waals surface area contributed by atoms with E-state index in [0.717, 1.165) is 18.2 Å². The van der Waals surface area contributed by atoms with Crippen LogP contribution < -0.4 is 0 Å². The molecule has 0 saturated heterocycles. The number of hydrogen-bond donors (Lipinski definition) is 1. The van der Waals surface area contributed by atoms with Crippen LogP contribution in [0.5, 0.6) is 0 Å². The molecule has 0 bridgehead atoms. The normalized spacial score (nSPS) is 12.7. The standard InChI is InChI=1S/C11H11F2N3O/c1-2-11(17)10-6-16(15-14-10)9-4-7(12)3-8(13)5-9/h3-6,11,17H,2H2,1H3. The van der Waals surface area contributed by atoms with Gasteiger partial charge in [-0.15, -0.1) is 5.10 Å². The fourth-order valence-electron chi connectivity index (χ4n) is 1.44. The van der Waals surface area contributed by atoms with Crippen molar-refractivity contribution in [3.8, 4) is 5.69 Å². The zero-order valence-corrected chi connectivity index (χ0v) is 9.14. The van der Waals surface area contributed by atoms with Crippen LogP contribution in [-0.4, -0.2) is 20.1 Å². The van der Waals surface area contributed by atoms with Crippen LogP contribution in [0.15, 0.2) is 24.4 Å². The minimum Gasteiger partial charge on any atom is -0.387 e. The van der Waals surface area contributed by atoms with Crippen molar-refractivity contribution in [2.75, 3.05) is 0 Å². The second kappa shape index (κ2) is 4.58. The number of hydrogen-bond acceptors (Lipinski definition) is 3. The number of aromatic nitrogens is 3. The maximum absolute atomic E-state index is 13.0. The quantitative estimate of drug-likeness (QED) is 0.891. The summed E-state index contributed by atoms with van der Waals surface area (Å²) in [4.78, 5) is 0. The van der Waals surface area contributed by atoms with E-state index in [2.05, 4.69) is 10.3 Å². The Bertz CT molecular complexity index is 507. The average Bonchev–Trinajstić information content (AvgIpc) is 2.76. The van der Waals surface area contributed by atoms with Crippen LogP contribution in [0.1, 0.15) is 25.1 Å². The fourth-order valence-corrected chi connectivity index (χ4v) is 1.44. The van der Waals surface area contributed by atoms with Crippen molar-refractivity contribution in [2.24, 2.45) is 0 Å². The molecular weight excluding hydrogens is 228 g/mol. The number of aliphatic hydroxyl groups excluding tert-OH is 1. The van der Waals surface area contributed by atoms with E-state index >= 15 is 0 Å². The molecule has 2 rings (SSSR count). The Labute approximate surface area is 96.5 Å². The molecule has 1 unspecified atom stereocenters. The van der Waals surface area contributed by atoms with E-state index in [1.165, 1.54) is 10.9 Å². The monoisotopic (exact) mass is 239 g/mol. The van der Waals surface area contributed by atoms with Gasteiger partial charge in [0.25, 0.3) is 0 Å². The predicted molar refractivity (Wildman–Crippen MR) is 56.5 cm³/mol. The van der Waals surface area contributed by atoms with Crippen LogP contribution in [0, 0.1) is 11.6 Å². The first-order valence-corrected chi connectivity index (χ1v) is 5.17. The summed E-state index contributed by atoms with van der Waals surface area (Å²) in [5, 5.41) is 17.0. The van der Waals surface area contributed by atoms with E-state index in [4.69, 9.17) is 0 Å². The summed E-state index contributed by atoms with van der Waals surface area (Å²) in [5.74, 6) is -1.37. The molecule has 6 heteroatoms. The van der Waals surface area contributed by atoms with Crippen molar-refractivity contribution >= 4 is 0 Å². The van der Waals surface area contributed by atoms with Crippen molar-refractivity contribution < 1.29 is 13.9 Å². The Kier molecular flexibility index (Phi) is 3.14. The van der Waals surface area contributed by atoms with Crippen LogP contribution in [0.4, 0.5) is 8.78 Å². The van der Waals surface area contributed by atoms with E-state index in [1.807, 2.05) is 0 Å². The Morgan fingerprint density at radius 1 is 1.29 bits per heavy atom. The van der Waals surface area contributed by atoms with Crippen molar-refractivity contribution in [3.63, 3.8) is 0 Å². The van der Waals surface area contributed by atoms with Gasteiger partial charge in [0.1, 0.15) is 17.3 Å². The van der Waals surface area contributed by atoms with Gasteiger partial charge in [0, 0.05) is 6.07 Å². The average molecular weight is 239 g/mol. The Morgan fingerprint density at radius 3 is 2.53 bits per heavy atom. The molecule has 2 aromatic rings. The van der Waals surface area contributed by atoms with Crippen molar-refractivity contribution in [2.45, 2.75) is 19.4 Å². The van der Waals surface area contributed by atoms with Gasteiger partial charge in [-0.1, -0.05) is 12.1 Å². The third-order valence-electron chi connectivity index (χ3n) is 2.35. The number of halogens is 2.